The number of nitrogens with zero attached hydrogens (tertiary/aromatic N) is 2. The van der Waals surface area contributed by atoms with Gasteiger partial charge in [0.25, 0.3) is 11.8 Å². The molecular formula is C26H28N2O2S. The lowest BCUT2D eigenvalue weighted by atomic mass is 10.1. The highest BCUT2D eigenvalue weighted by Gasteiger charge is 2.15. The first-order valence-electron chi connectivity index (χ1n) is 10.3. The highest BCUT2D eigenvalue weighted by molar-refractivity contribution is 7.98. The van der Waals surface area contributed by atoms with Gasteiger partial charge in [0.05, 0.1) is 0 Å². The molecule has 5 heteroatoms. The van der Waals surface area contributed by atoms with E-state index >= 15 is 0 Å². The van der Waals surface area contributed by atoms with Gasteiger partial charge in [-0.15, -0.1) is 11.8 Å². The summed E-state index contributed by atoms with van der Waals surface area (Å²) in [6.07, 6.45) is 0. The van der Waals surface area contributed by atoms with E-state index in [1.165, 1.54) is 5.56 Å². The smallest absolute Gasteiger partial charge is 0.254 e. The first-order chi connectivity index (χ1) is 15.0. The Labute approximate surface area is 188 Å². The Morgan fingerprint density at radius 2 is 1.32 bits per heavy atom. The Morgan fingerprint density at radius 1 is 0.742 bits per heavy atom. The summed E-state index contributed by atoms with van der Waals surface area (Å²) < 4.78 is 0. The summed E-state index contributed by atoms with van der Waals surface area (Å²) >= 11 is 1.76. The number of benzene rings is 3. The average Bonchev–Trinajstić information content (AvgIpc) is 2.81. The van der Waals surface area contributed by atoms with Gasteiger partial charge < -0.3 is 9.80 Å². The lowest BCUT2D eigenvalue weighted by Crippen LogP contribution is -2.30. The van der Waals surface area contributed by atoms with Crippen LogP contribution in [0.15, 0.2) is 83.8 Å². The van der Waals surface area contributed by atoms with Crippen molar-refractivity contribution in [2.45, 2.75) is 24.1 Å². The van der Waals surface area contributed by atoms with E-state index in [1.807, 2.05) is 78.6 Å². The maximum atomic E-state index is 13.0. The summed E-state index contributed by atoms with van der Waals surface area (Å²) in [5.74, 6) is 0.886. The molecule has 0 N–H and O–H groups in total. The van der Waals surface area contributed by atoms with Gasteiger partial charge in [0, 0.05) is 49.0 Å². The van der Waals surface area contributed by atoms with Crippen molar-refractivity contribution in [1.29, 1.82) is 0 Å². The Morgan fingerprint density at radius 3 is 1.90 bits per heavy atom. The quantitative estimate of drug-likeness (QED) is 0.451. The summed E-state index contributed by atoms with van der Waals surface area (Å²) in [5.41, 5.74) is 3.61. The second-order valence-electron chi connectivity index (χ2n) is 7.51. The zero-order chi connectivity index (χ0) is 22.2. The number of carbonyl (C=O) groups is 2. The van der Waals surface area contributed by atoms with Crippen molar-refractivity contribution in [3.8, 4) is 0 Å². The predicted octanol–water partition coefficient (Wildman–Crippen LogP) is 5.34. The second-order valence-corrected chi connectivity index (χ2v) is 8.56. The molecule has 31 heavy (non-hydrogen) atoms. The van der Waals surface area contributed by atoms with Crippen molar-refractivity contribution in [2.75, 3.05) is 20.6 Å². The molecule has 0 fully saturated rings. The molecule has 2 amide bonds. The third kappa shape index (κ3) is 6.22. The van der Waals surface area contributed by atoms with Crippen LogP contribution in [0.25, 0.3) is 0 Å². The zero-order valence-electron chi connectivity index (χ0n) is 18.2. The van der Waals surface area contributed by atoms with Crippen molar-refractivity contribution in [3.63, 3.8) is 0 Å². The summed E-state index contributed by atoms with van der Waals surface area (Å²) in [4.78, 5) is 29.5. The molecule has 0 saturated carbocycles. The lowest BCUT2D eigenvalue weighted by molar-refractivity contribution is 0.0751. The molecule has 3 rings (SSSR count). The minimum atomic E-state index is -0.0276. The summed E-state index contributed by atoms with van der Waals surface area (Å²) in [6.45, 7) is 3.10. The van der Waals surface area contributed by atoms with E-state index in [0.29, 0.717) is 24.2 Å². The molecule has 0 heterocycles. The number of thioether (sulfide) groups is 1. The average molecular weight is 433 g/mol. The van der Waals surface area contributed by atoms with E-state index in [1.54, 1.807) is 30.8 Å². The molecule has 0 saturated heterocycles. The molecule has 0 atom stereocenters. The van der Waals surface area contributed by atoms with Crippen LogP contribution in [0.5, 0.6) is 0 Å². The standard InChI is InChI=1S/C26H28N2O2S/c1-4-28(18-20-10-12-22(13-11-20)25(29)27(2)3)26(30)23-14-16-24(17-15-23)31-19-21-8-6-5-7-9-21/h5-17H,4,18-19H2,1-3H3. The molecule has 4 nitrogen and oxygen atoms in total. The Balaban J connectivity index is 1.61. The molecule has 0 aliphatic carbocycles. The normalized spacial score (nSPS) is 10.5. The Hall–Kier alpha value is -3.05. The fraction of sp³-hybridized carbons (Fsp3) is 0.231. The van der Waals surface area contributed by atoms with E-state index in [-0.39, 0.29) is 11.8 Å². The monoisotopic (exact) mass is 432 g/mol. The fourth-order valence-electron chi connectivity index (χ4n) is 3.18. The van der Waals surface area contributed by atoms with Crippen LogP contribution >= 0.6 is 11.8 Å². The minimum absolute atomic E-state index is 0.00977. The topological polar surface area (TPSA) is 40.6 Å². The van der Waals surface area contributed by atoms with Crippen LogP contribution in [0.4, 0.5) is 0 Å². The van der Waals surface area contributed by atoms with Gasteiger partial charge in [-0.1, -0.05) is 42.5 Å². The van der Waals surface area contributed by atoms with Gasteiger partial charge in [0.2, 0.25) is 0 Å². The molecule has 0 aromatic heterocycles. The van der Waals surface area contributed by atoms with Gasteiger partial charge in [0.15, 0.2) is 0 Å². The van der Waals surface area contributed by atoms with Crippen molar-refractivity contribution in [2.24, 2.45) is 0 Å². The molecule has 0 bridgehead atoms. The fourth-order valence-corrected chi connectivity index (χ4v) is 4.03. The first kappa shape index (κ1) is 22.6. The Bertz CT molecular complexity index is 1000. The summed E-state index contributed by atoms with van der Waals surface area (Å²) in [7, 11) is 3.47. The van der Waals surface area contributed by atoms with Crippen molar-refractivity contribution in [1.82, 2.24) is 9.80 Å². The van der Waals surface area contributed by atoms with E-state index < -0.39 is 0 Å². The predicted molar refractivity (Wildman–Crippen MR) is 127 cm³/mol. The maximum absolute atomic E-state index is 13.0. The van der Waals surface area contributed by atoms with Crippen LogP contribution in [0.1, 0.15) is 38.8 Å². The molecule has 160 valence electrons. The molecule has 0 aliphatic rings. The highest BCUT2D eigenvalue weighted by atomic mass is 32.2. The number of amides is 2. The zero-order valence-corrected chi connectivity index (χ0v) is 19.1. The van der Waals surface area contributed by atoms with Crippen LogP contribution < -0.4 is 0 Å². The first-order valence-corrected chi connectivity index (χ1v) is 11.3. The van der Waals surface area contributed by atoms with Gasteiger partial charge >= 0.3 is 0 Å². The van der Waals surface area contributed by atoms with Crippen LogP contribution in [-0.2, 0) is 12.3 Å². The SMILES string of the molecule is CCN(Cc1ccc(C(=O)N(C)C)cc1)C(=O)c1ccc(SCc2ccccc2)cc1. The summed E-state index contributed by atoms with van der Waals surface area (Å²) in [6, 6.07) is 25.6. The second kappa shape index (κ2) is 10.8. The van der Waals surface area contributed by atoms with Gasteiger partial charge in [-0.2, -0.15) is 0 Å². The van der Waals surface area contributed by atoms with E-state index in [2.05, 4.69) is 12.1 Å². The number of hydrogen-bond donors (Lipinski definition) is 0. The third-order valence-electron chi connectivity index (χ3n) is 5.00. The van der Waals surface area contributed by atoms with Gasteiger partial charge in [-0.05, 0) is 54.4 Å². The molecular weight excluding hydrogens is 404 g/mol. The van der Waals surface area contributed by atoms with E-state index in [9.17, 15) is 9.59 Å². The van der Waals surface area contributed by atoms with Gasteiger partial charge in [0.1, 0.15) is 0 Å². The molecule has 3 aromatic carbocycles. The van der Waals surface area contributed by atoms with E-state index in [4.69, 9.17) is 0 Å². The molecule has 3 aromatic rings. The number of hydrogen-bond acceptors (Lipinski definition) is 3. The molecule has 0 unspecified atom stereocenters. The highest BCUT2D eigenvalue weighted by Crippen LogP contribution is 2.23. The lowest BCUT2D eigenvalue weighted by Gasteiger charge is -2.21. The molecule has 0 radical (unpaired) electrons. The third-order valence-corrected chi connectivity index (χ3v) is 6.08. The summed E-state index contributed by atoms with van der Waals surface area (Å²) in [5, 5.41) is 0. The number of rotatable bonds is 8. The maximum Gasteiger partial charge on any atom is 0.254 e. The van der Waals surface area contributed by atoms with Gasteiger partial charge in [-0.3, -0.25) is 9.59 Å². The minimum Gasteiger partial charge on any atom is -0.345 e. The Kier molecular flexibility index (Phi) is 7.90. The van der Waals surface area contributed by atoms with Crippen LogP contribution in [-0.4, -0.2) is 42.3 Å². The number of carbonyl (C=O) groups excluding carboxylic acids is 2. The van der Waals surface area contributed by atoms with Crippen molar-refractivity contribution < 1.29 is 9.59 Å². The van der Waals surface area contributed by atoms with Crippen LogP contribution in [0.2, 0.25) is 0 Å². The molecule has 0 spiro atoms. The van der Waals surface area contributed by atoms with Crippen molar-refractivity contribution >= 4 is 23.6 Å². The van der Waals surface area contributed by atoms with Gasteiger partial charge in [-0.25, -0.2) is 0 Å². The largest absolute Gasteiger partial charge is 0.345 e. The van der Waals surface area contributed by atoms with Crippen molar-refractivity contribution in [3.05, 3.63) is 101 Å². The van der Waals surface area contributed by atoms with Crippen LogP contribution in [0.3, 0.4) is 0 Å². The van der Waals surface area contributed by atoms with E-state index in [0.717, 1.165) is 16.2 Å². The van der Waals surface area contributed by atoms with Crippen LogP contribution in [0, 0.1) is 0 Å². The molecule has 0 aliphatic heterocycles.